The number of rotatable bonds is 7. The van der Waals surface area contributed by atoms with Crippen molar-refractivity contribution in [2.24, 2.45) is 0 Å². The molecule has 0 aliphatic heterocycles. The lowest BCUT2D eigenvalue weighted by molar-refractivity contribution is -0.123. The van der Waals surface area contributed by atoms with Crippen LogP contribution in [0.2, 0.25) is 0 Å². The van der Waals surface area contributed by atoms with Crippen molar-refractivity contribution in [3.8, 4) is 17.0 Å². The number of aromatic nitrogens is 1. The van der Waals surface area contributed by atoms with E-state index in [0.717, 1.165) is 16.3 Å². The number of nitrogens with one attached hydrogen (secondary N) is 1. The molecule has 1 heterocycles. The molecular formula is C21H22N2O2S. The predicted octanol–water partition coefficient (Wildman–Crippen LogP) is 4.63. The maximum absolute atomic E-state index is 12.0. The fourth-order valence-electron chi connectivity index (χ4n) is 2.46. The van der Waals surface area contributed by atoms with E-state index in [9.17, 15) is 4.79 Å². The SMILES string of the molecule is CC(C)c1ccc(OCC(=O)NCc2nc(-c3ccccc3)cs2)cc1. The molecule has 4 nitrogen and oxygen atoms in total. The fraction of sp³-hybridized carbons (Fsp3) is 0.238. The van der Waals surface area contributed by atoms with Gasteiger partial charge in [-0.25, -0.2) is 4.98 Å². The molecule has 0 aliphatic carbocycles. The van der Waals surface area contributed by atoms with Crippen LogP contribution in [0.1, 0.15) is 30.3 Å². The van der Waals surface area contributed by atoms with E-state index in [0.29, 0.717) is 18.2 Å². The minimum absolute atomic E-state index is 0.00204. The molecule has 0 radical (unpaired) electrons. The van der Waals surface area contributed by atoms with Gasteiger partial charge in [0.15, 0.2) is 6.61 Å². The van der Waals surface area contributed by atoms with Crippen molar-refractivity contribution in [3.05, 3.63) is 70.5 Å². The van der Waals surface area contributed by atoms with Crippen LogP contribution in [-0.2, 0) is 11.3 Å². The zero-order chi connectivity index (χ0) is 18.4. The molecule has 3 aromatic rings. The smallest absolute Gasteiger partial charge is 0.258 e. The Balaban J connectivity index is 1.46. The van der Waals surface area contributed by atoms with Gasteiger partial charge >= 0.3 is 0 Å². The highest BCUT2D eigenvalue weighted by Crippen LogP contribution is 2.21. The summed E-state index contributed by atoms with van der Waals surface area (Å²) in [7, 11) is 0. The molecule has 5 heteroatoms. The van der Waals surface area contributed by atoms with E-state index < -0.39 is 0 Å². The average Bonchev–Trinajstić information content (AvgIpc) is 3.15. The topological polar surface area (TPSA) is 51.2 Å². The number of amides is 1. The summed E-state index contributed by atoms with van der Waals surface area (Å²) in [4.78, 5) is 16.5. The molecule has 0 atom stereocenters. The van der Waals surface area contributed by atoms with Crippen LogP contribution in [0.4, 0.5) is 0 Å². The molecule has 0 aliphatic rings. The van der Waals surface area contributed by atoms with Gasteiger partial charge in [-0.2, -0.15) is 0 Å². The molecule has 1 aromatic heterocycles. The molecule has 0 saturated carbocycles. The third kappa shape index (κ3) is 4.92. The zero-order valence-electron chi connectivity index (χ0n) is 14.9. The molecule has 3 rings (SSSR count). The Kier molecular flexibility index (Phi) is 6.02. The summed E-state index contributed by atoms with van der Waals surface area (Å²) in [6.07, 6.45) is 0. The van der Waals surface area contributed by atoms with Crippen LogP contribution in [0, 0.1) is 0 Å². The zero-order valence-corrected chi connectivity index (χ0v) is 15.8. The van der Waals surface area contributed by atoms with Crippen molar-refractivity contribution < 1.29 is 9.53 Å². The van der Waals surface area contributed by atoms with Crippen LogP contribution in [-0.4, -0.2) is 17.5 Å². The Bertz CT molecular complexity index is 842. The predicted molar refractivity (Wildman–Crippen MR) is 105 cm³/mol. The Labute approximate surface area is 157 Å². The van der Waals surface area contributed by atoms with Gasteiger partial charge in [-0.15, -0.1) is 11.3 Å². The van der Waals surface area contributed by atoms with E-state index >= 15 is 0 Å². The first-order chi connectivity index (χ1) is 12.6. The van der Waals surface area contributed by atoms with Gasteiger partial charge in [0.25, 0.3) is 5.91 Å². The van der Waals surface area contributed by atoms with Crippen molar-refractivity contribution in [2.45, 2.75) is 26.3 Å². The second-order valence-electron chi connectivity index (χ2n) is 6.28. The number of carbonyl (C=O) groups excluding carboxylic acids is 1. The van der Waals surface area contributed by atoms with Crippen LogP contribution < -0.4 is 10.1 Å². The molecule has 0 unspecified atom stereocenters. The number of hydrogen-bond acceptors (Lipinski definition) is 4. The van der Waals surface area contributed by atoms with Crippen molar-refractivity contribution in [2.75, 3.05) is 6.61 Å². The summed E-state index contributed by atoms with van der Waals surface area (Å²) in [5, 5.41) is 5.72. The first kappa shape index (κ1) is 18.1. The summed E-state index contributed by atoms with van der Waals surface area (Å²) in [6, 6.07) is 17.9. The van der Waals surface area contributed by atoms with Crippen molar-refractivity contribution >= 4 is 17.2 Å². The summed E-state index contributed by atoms with van der Waals surface area (Å²) < 4.78 is 5.54. The van der Waals surface area contributed by atoms with Gasteiger partial charge in [-0.05, 0) is 23.6 Å². The van der Waals surface area contributed by atoms with E-state index in [2.05, 4.69) is 24.1 Å². The summed E-state index contributed by atoms with van der Waals surface area (Å²) in [5.41, 5.74) is 3.26. The van der Waals surface area contributed by atoms with Gasteiger partial charge in [0.1, 0.15) is 10.8 Å². The second-order valence-corrected chi connectivity index (χ2v) is 7.22. The third-order valence-electron chi connectivity index (χ3n) is 3.97. The van der Waals surface area contributed by atoms with Crippen molar-refractivity contribution in [1.82, 2.24) is 10.3 Å². The second kappa shape index (κ2) is 8.63. The molecule has 134 valence electrons. The van der Waals surface area contributed by atoms with Gasteiger partial charge in [0.05, 0.1) is 12.2 Å². The van der Waals surface area contributed by atoms with Crippen LogP contribution >= 0.6 is 11.3 Å². The number of nitrogens with zero attached hydrogens (tertiary/aromatic N) is 1. The number of carbonyl (C=O) groups is 1. The molecule has 0 spiro atoms. The monoisotopic (exact) mass is 366 g/mol. The first-order valence-corrected chi connectivity index (χ1v) is 9.49. The van der Waals surface area contributed by atoms with Crippen LogP contribution in [0.25, 0.3) is 11.3 Å². The van der Waals surface area contributed by atoms with Gasteiger partial charge in [-0.1, -0.05) is 56.3 Å². The van der Waals surface area contributed by atoms with Crippen LogP contribution in [0.5, 0.6) is 5.75 Å². The van der Waals surface area contributed by atoms with Gasteiger partial charge in [-0.3, -0.25) is 4.79 Å². The largest absolute Gasteiger partial charge is 0.484 e. The molecule has 0 saturated heterocycles. The Hall–Kier alpha value is -2.66. The summed E-state index contributed by atoms with van der Waals surface area (Å²) in [6.45, 7) is 4.69. The highest BCUT2D eigenvalue weighted by atomic mass is 32.1. The van der Waals surface area contributed by atoms with Gasteiger partial charge in [0.2, 0.25) is 0 Å². The minimum Gasteiger partial charge on any atom is -0.484 e. The maximum atomic E-state index is 12.0. The van der Waals surface area contributed by atoms with E-state index in [-0.39, 0.29) is 12.5 Å². The summed E-state index contributed by atoms with van der Waals surface area (Å²) >= 11 is 1.54. The number of ether oxygens (including phenoxy) is 1. The van der Waals surface area contributed by atoms with E-state index in [1.165, 1.54) is 16.9 Å². The number of hydrogen-bond donors (Lipinski definition) is 1. The van der Waals surface area contributed by atoms with E-state index in [1.54, 1.807) is 0 Å². The van der Waals surface area contributed by atoms with Crippen molar-refractivity contribution in [3.63, 3.8) is 0 Å². The van der Waals surface area contributed by atoms with E-state index in [4.69, 9.17) is 4.74 Å². The van der Waals surface area contributed by atoms with Gasteiger partial charge in [0, 0.05) is 10.9 Å². The molecule has 1 amide bonds. The maximum Gasteiger partial charge on any atom is 0.258 e. The Morgan fingerprint density at radius 3 is 2.54 bits per heavy atom. The fourth-order valence-corrected chi connectivity index (χ4v) is 3.20. The highest BCUT2D eigenvalue weighted by molar-refractivity contribution is 7.09. The molecule has 2 aromatic carbocycles. The molecule has 26 heavy (non-hydrogen) atoms. The van der Waals surface area contributed by atoms with Crippen LogP contribution in [0.3, 0.4) is 0 Å². The van der Waals surface area contributed by atoms with E-state index in [1.807, 2.05) is 60.0 Å². The van der Waals surface area contributed by atoms with Gasteiger partial charge < -0.3 is 10.1 Å². The quantitative estimate of drug-likeness (QED) is 0.663. The normalized spacial score (nSPS) is 10.7. The standard InChI is InChI=1S/C21H22N2O2S/c1-15(2)16-8-10-18(11-9-16)25-13-20(24)22-12-21-23-19(14-26-21)17-6-4-3-5-7-17/h3-11,14-15H,12-13H2,1-2H3,(H,22,24). The molecule has 0 bridgehead atoms. The highest BCUT2D eigenvalue weighted by Gasteiger charge is 2.07. The average molecular weight is 366 g/mol. The Morgan fingerprint density at radius 2 is 1.85 bits per heavy atom. The van der Waals surface area contributed by atoms with Crippen molar-refractivity contribution in [1.29, 1.82) is 0 Å². The lowest BCUT2D eigenvalue weighted by Gasteiger charge is -2.09. The molecular weight excluding hydrogens is 344 g/mol. The lowest BCUT2D eigenvalue weighted by atomic mass is 10.0. The lowest BCUT2D eigenvalue weighted by Crippen LogP contribution is -2.28. The molecule has 0 fully saturated rings. The number of benzene rings is 2. The number of thiazole rings is 1. The first-order valence-electron chi connectivity index (χ1n) is 8.61. The Morgan fingerprint density at radius 1 is 1.12 bits per heavy atom. The van der Waals surface area contributed by atoms with Crippen LogP contribution in [0.15, 0.2) is 60.0 Å². The molecule has 1 N–H and O–H groups in total. The summed E-state index contributed by atoms with van der Waals surface area (Å²) in [5.74, 6) is 1.02. The minimum atomic E-state index is -0.158. The third-order valence-corrected chi connectivity index (χ3v) is 4.82.